The highest BCUT2D eigenvalue weighted by atomic mass is 15.0. The van der Waals surface area contributed by atoms with E-state index in [1.54, 1.807) is 0 Å². The number of rotatable bonds is 5. The van der Waals surface area contributed by atoms with Crippen molar-refractivity contribution in [2.24, 2.45) is 0 Å². The van der Waals surface area contributed by atoms with E-state index in [-0.39, 0.29) is 0 Å². The summed E-state index contributed by atoms with van der Waals surface area (Å²) in [5.74, 6) is 1.96. The molecule has 0 spiro atoms. The number of nitrogens with zero attached hydrogens (tertiary/aromatic N) is 3. The minimum Gasteiger partial charge on any atom is -0.208 e. The predicted molar refractivity (Wildman–Crippen MR) is 190 cm³/mol. The second kappa shape index (κ2) is 11.0. The number of aryl methyl sites for hydroxylation is 1. The van der Waals surface area contributed by atoms with Crippen LogP contribution in [0.25, 0.3) is 83.3 Å². The summed E-state index contributed by atoms with van der Waals surface area (Å²) in [6.45, 7) is 6.02. The third-order valence-corrected chi connectivity index (χ3v) is 8.64. The Morgan fingerprint density at radius 2 is 1.04 bits per heavy atom. The molecule has 3 nitrogen and oxygen atoms in total. The van der Waals surface area contributed by atoms with Crippen LogP contribution in [0.15, 0.2) is 146 Å². The molecule has 0 amide bonds. The third kappa shape index (κ3) is 4.75. The van der Waals surface area contributed by atoms with Crippen molar-refractivity contribution in [3.63, 3.8) is 0 Å². The van der Waals surface area contributed by atoms with Crippen LogP contribution in [0.5, 0.6) is 0 Å². The molecular weight excluding hydrogens is 546 g/mol. The first-order valence-corrected chi connectivity index (χ1v) is 15.2. The average molecular weight is 576 g/mol. The first-order chi connectivity index (χ1) is 22.2. The Labute approximate surface area is 261 Å². The summed E-state index contributed by atoms with van der Waals surface area (Å²) >= 11 is 0. The molecule has 0 unspecified atom stereocenters. The molecule has 0 N–H and O–H groups in total. The van der Waals surface area contributed by atoms with Crippen LogP contribution in [0.4, 0.5) is 0 Å². The largest absolute Gasteiger partial charge is 0.208 e. The van der Waals surface area contributed by atoms with Crippen LogP contribution in [0.3, 0.4) is 0 Å². The van der Waals surface area contributed by atoms with Crippen LogP contribution in [-0.4, -0.2) is 15.0 Å². The van der Waals surface area contributed by atoms with Crippen molar-refractivity contribution >= 4 is 49.2 Å². The molecular formula is C42H29N3. The lowest BCUT2D eigenvalue weighted by Crippen LogP contribution is -2.00. The fourth-order valence-electron chi connectivity index (χ4n) is 6.35. The van der Waals surface area contributed by atoms with Gasteiger partial charge in [0.25, 0.3) is 0 Å². The summed E-state index contributed by atoms with van der Waals surface area (Å²) in [6.07, 6.45) is 5.91. The van der Waals surface area contributed by atoms with E-state index in [9.17, 15) is 0 Å². The Morgan fingerprint density at radius 3 is 1.78 bits per heavy atom. The lowest BCUT2D eigenvalue weighted by Gasteiger charge is -2.12. The normalized spacial score (nSPS) is 11.7. The van der Waals surface area contributed by atoms with Crippen LogP contribution in [0, 0.1) is 6.92 Å². The van der Waals surface area contributed by atoms with E-state index in [0.29, 0.717) is 17.5 Å². The molecule has 0 aliphatic rings. The molecule has 45 heavy (non-hydrogen) atoms. The molecule has 8 aromatic rings. The summed E-state index contributed by atoms with van der Waals surface area (Å²) < 4.78 is 0. The summed E-state index contributed by atoms with van der Waals surface area (Å²) in [5, 5.41) is 9.69. The summed E-state index contributed by atoms with van der Waals surface area (Å²) in [7, 11) is 0. The van der Waals surface area contributed by atoms with Gasteiger partial charge in [0, 0.05) is 16.7 Å². The summed E-state index contributed by atoms with van der Waals surface area (Å²) in [4.78, 5) is 15.0. The zero-order valence-electron chi connectivity index (χ0n) is 24.9. The highest BCUT2D eigenvalue weighted by Gasteiger charge is 2.15. The van der Waals surface area contributed by atoms with E-state index < -0.39 is 0 Å². The molecule has 0 saturated heterocycles. The van der Waals surface area contributed by atoms with Gasteiger partial charge >= 0.3 is 0 Å². The molecule has 212 valence electrons. The van der Waals surface area contributed by atoms with Gasteiger partial charge in [0.2, 0.25) is 0 Å². The number of fused-ring (bicyclic) bond motifs is 6. The Balaban J connectivity index is 1.30. The van der Waals surface area contributed by atoms with Gasteiger partial charge in [0.05, 0.1) is 0 Å². The van der Waals surface area contributed by atoms with E-state index >= 15 is 0 Å². The van der Waals surface area contributed by atoms with E-state index in [0.717, 1.165) is 27.5 Å². The van der Waals surface area contributed by atoms with E-state index in [1.165, 1.54) is 43.4 Å². The van der Waals surface area contributed by atoms with Gasteiger partial charge in [0.15, 0.2) is 17.5 Å². The monoisotopic (exact) mass is 575 g/mol. The highest BCUT2D eigenvalue weighted by molar-refractivity contribution is 6.11. The Bertz CT molecular complexity index is 2460. The Hall–Kier alpha value is -5.93. The van der Waals surface area contributed by atoms with Gasteiger partial charge in [-0.1, -0.05) is 140 Å². The van der Waals surface area contributed by atoms with Crippen molar-refractivity contribution in [3.05, 3.63) is 157 Å². The van der Waals surface area contributed by atoms with Gasteiger partial charge < -0.3 is 0 Å². The molecule has 0 aliphatic carbocycles. The van der Waals surface area contributed by atoms with Crippen LogP contribution >= 0.6 is 0 Å². The van der Waals surface area contributed by atoms with Crippen molar-refractivity contribution < 1.29 is 0 Å². The Kier molecular flexibility index (Phi) is 6.50. The number of hydrogen-bond donors (Lipinski definition) is 0. The van der Waals surface area contributed by atoms with Crippen molar-refractivity contribution in [2.75, 3.05) is 0 Å². The number of allylic oxidation sites excluding steroid dienone is 2. The molecule has 1 heterocycles. The van der Waals surface area contributed by atoms with Crippen molar-refractivity contribution in [3.8, 4) is 34.2 Å². The van der Waals surface area contributed by atoms with Crippen molar-refractivity contribution in [1.29, 1.82) is 0 Å². The smallest absolute Gasteiger partial charge is 0.164 e. The van der Waals surface area contributed by atoms with Crippen LogP contribution < -0.4 is 0 Å². The second-order valence-corrected chi connectivity index (χ2v) is 11.4. The maximum atomic E-state index is 5.06. The first-order valence-electron chi connectivity index (χ1n) is 15.2. The zero-order chi connectivity index (χ0) is 30.3. The second-order valence-electron chi connectivity index (χ2n) is 11.4. The molecule has 1 aromatic heterocycles. The molecule has 0 radical (unpaired) electrons. The van der Waals surface area contributed by atoms with Gasteiger partial charge in [-0.15, -0.1) is 0 Å². The highest BCUT2D eigenvalue weighted by Crippen LogP contribution is 2.34. The molecule has 8 rings (SSSR count). The summed E-state index contributed by atoms with van der Waals surface area (Å²) in [5.41, 5.74) is 5.31. The molecule has 0 bridgehead atoms. The summed E-state index contributed by atoms with van der Waals surface area (Å²) in [6, 6.07) is 44.7. The zero-order valence-corrected chi connectivity index (χ0v) is 24.9. The lowest BCUT2D eigenvalue weighted by molar-refractivity contribution is 1.08. The standard InChI is InChI=1S/C42H29N3/c1-3-4-10-28-15-17-30-18-20-33-26-35(22-24-38(33)39(30)27(28)2)42-44-40(31-12-6-5-7-13-31)43-41(45-42)34-21-23-37-32(25-34)19-16-29-11-8-9-14-36(29)37/h3-26H,1H2,2H3/b10-4-. The van der Waals surface area contributed by atoms with E-state index in [4.69, 9.17) is 15.0 Å². The minimum atomic E-state index is 0.652. The van der Waals surface area contributed by atoms with Gasteiger partial charge in [0.1, 0.15) is 0 Å². The van der Waals surface area contributed by atoms with E-state index in [1.807, 2.05) is 42.5 Å². The first kappa shape index (κ1) is 26.7. The molecule has 0 atom stereocenters. The molecule has 3 heteroatoms. The van der Waals surface area contributed by atoms with E-state index in [2.05, 4.69) is 117 Å². The van der Waals surface area contributed by atoms with Gasteiger partial charge in [-0.3, -0.25) is 0 Å². The maximum absolute atomic E-state index is 5.06. The maximum Gasteiger partial charge on any atom is 0.164 e. The average Bonchev–Trinajstić information content (AvgIpc) is 3.10. The van der Waals surface area contributed by atoms with Crippen LogP contribution in [0.1, 0.15) is 11.1 Å². The van der Waals surface area contributed by atoms with Crippen LogP contribution in [-0.2, 0) is 0 Å². The fraction of sp³-hybridized carbons (Fsp3) is 0.0238. The lowest BCUT2D eigenvalue weighted by atomic mass is 9.94. The molecule has 0 fully saturated rings. The Morgan fingerprint density at radius 1 is 0.489 bits per heavy atom. The molecule has 0 saturated carbocycles. The SMILES string of the molecule is C=C/C=C\c1ccc2ccc3cc(-c4nc(-c5ccccc5)nc(-c5ccc6c(ccc7ccccc76)c5)n4)ccc3c2c1C. The molecule has 7 aromatic carbocycles. The number of aromatic nitrogens is 3. The van der Waals surface area contributed by atoms with Crippen molar-refractivity contribution in [1.82, 2.24) is 15.0 Å². The number of hydrogen-bond acceptors (Lipinski definition) is 3. The predicted octanol–water partition coefficient (Wildman–Crippen LogP) is 11.0. The van der Waals surface area contributed by atoms with Crippen molar-refractivity contribution in [2.45, 2.75) is 6.92 Å². The van der Waals surface area contributed by atoms with Gasteiger partial charge in [-0.25, -0.2) is 15.0 Å². The quantitative estimate of drug-likeness (QED) is 0.151. The number of benzene rings is 7. The van der Waals surface area contributed by atoms with Gasteiger partial charge in [-0.05, 0) is 73.3 Å². The topological polar surface area (TPSA) is 38.7 Å². The fourth-order valence-corrected chi connectivity index (χ4v) is 6.35. The van der Waals surface area contributed by atoms with Gasteiger partial charge in [-0.2, -0.15) is 0 Å². The van der Waals surface area contributed by atoms with Crippen LogP contribution in [0.2, 0.25) is 0 Å². The third-order valence-electron chi connectivity index (χ3n) is 8.64. The molecule has 0 aliphatic heterocycles. The minimum absolute atomic E-state index is 0.652.